The molecule has 25 heavy (non-hydrogen) atoms. The number of morpholine rings is 1. The van der Waals surface area contributed by atoms with Gasteiger partial charge in [-0.05, 0) is 0 Å². The lowest BCUT2D eigenvalue weighted by Gasteiger charge is -2.32. The van der Waals surface area contributed by atoms with Gasteiger partial charge in [0.05, 0.1) is 25.2 Å². The van der Waals surface area contributed by atoms with Crippen molar-refractivity contribution in [3.63, 3.8) is 0 Å². The fourth-order valence-electron chi connectivity index (χ4n) is 3.36. The Bertz CT molecular complexity index is 741. The quantitative estimate of drug-likeness (QED) is 0.811. The number of ether oxygens (including phenoxy) is 1. The lowest BCUT2D eigenvalue weighted by molar-refractivity contribution is -0.144. The van der Waals surface area contributed by atoms with Crippen LogP contribution in [0.15, 0.2) is 18.7 Å². The zero-order valence-electron chi connectivity index (χ0n) is 13.8. The molecule has 0 aromatic carbocycles. The largest absolute Gasteiger partial charge is 0.480 e. The highest BCUT2D eigenvalue weighted by atomic mass is 16.5. The van der Waals surface area contributed by atoms with Crippen molar-refractivity contribution in [1.82, 2.24) is 24.8 Å². The number of aromatic nitrogens is 4. The highest BCUT2D eigenvalue weighted by molar-refractivity contribution is 5.75. The van der Waals surface area contributed by atoms with Crippen LogP contribution >= 0.6 is 0 Å². The summed E-state index contributed by atoms with van der Waals surface area (Å²) in [6, 6.07) is -0.742. The van der Waals surface area contributed by atoms with Crippen LogP contribution in [-0.4, -0.2) is 68.8 Å². The van der Waals surface area contributed by atoms with Crippen molar-refractivity contribution >= 4 is 11.9 Å². The second-order valence-electron chi connectivity index (χ2n) is 6.22. The van der Waals surface area contributed by atoms with Crippen LogP contribution in [0.25, 0.3) is 0 Å². The fraction of sp³-hybridized carbons (Fsp3) is 0.500. The summed E-state index contributed by atoms with van der Waals surface area (Å²) in [5, 5.41) is 9.62. The number of H-pyrrole nitrogens is 1. The van der Waals surface area contributed by atoms with Gasteiger partial charge in [0, 0.05) is 56.3 Å². The Morgan fingerprint density at radius 2 is 2.00 bits per heavy atom. The number of anilines is 1. The van der Waals surface area contributed by atoms with E-state index in [4.69, 9.17) is 4.74 Å². The van der Waals surface area contributed by atoms with Gasteiger partial charge in [-0.3, -0.25) is 9.69 Å². The molecular weight excluding hydrogens is 324 g/mol. The molecule has 0 aliphatic carbocycles. The van der Waals surface area contributed by atoms with E-state index in [1.165, 1.54) is 0 Å². The first-order valence-corrected chi connectivity index (χ1v) is 8.35. The van der Waals surface area contributed by atoms with Crippen LogP contribution in [0.3, 0.4) is 0 Å². The van der Waals surface area contributed by atoms with Gasteiger partial charge < -0.3 is 19.7 Å². The van der Waals surface area contributed by atoms with Crippen molar-refractivity contribution < 1.29 is 14.6 Å². The first-order chi connectivity index (χ1) is 12.2. The van der Waals surface area contributed by atoms with E-state index >= 15 is 0 Å². The normalized spacial score (nSPS) is 21.1. The number of hydrogen-bond acceptors (Lipinski definition) is 7. The summed E-state index contributed by atoms with van der Waals surface area (Å²) in [5.74, 6) is -0.200. The van der Waals surface area contributed by atoms with E-state index < -0.39 is 12.0 Å². The molecule has 4 heterocycles. The van der Waals surface area contributed by atoms with Crippen LogP contribution in [0.5, 0.6) is 0 Å². The zero-order chi connectivity index (χ0) is 17.2. The minimum Gasteiger partial charge on any atom is -0.480 e. The molecule has 0 saturated carbocycles. The molecule has 2 aliphatic rings. The Hall–Kier alpha value is -2.52. The van der Waals surface area contributed by atoms with Crippen molar-refractivity contribution in [3.8, 4) is 0 Å². The molecular formula is C16H20N6O3. The van der Waals surface area contributed by atoms with Crippen molar-refractivity contribution in [1.29, 1.82) is 0 Å². The zero-order valence-corrected chi connectivity index (χ0v) is 13.8. The third-order valence-corrected chi connectivity index (χ3v) is 4.63. The molecule has 0 bridgehead atoms. The summed E-state index contributed by atoms with van der Waals surface area (Å²) in [6.07, 6.45) is 5.86. The molecule has 1 saturated heterocycles. The van der Waals surface area contributed by atoms with E-state index in [2.05, 4.69) is 24.8 Å². The van der Waals surface area contributed by atoms with Crippen molar-refractivity contribution in [3.05, 3.63) is 35.7 Å². The molecule has 0 unspecified atom stereocenters. The van der Waals surface area contributed by atoms with Gasteiger partial charge in [-0.25, -0.2) is 15.0 Å². The predicted molar refractivity (Wildman–Crippen MR) is 88.1 cm³/mol. The topological polar surface area (TPSA) is 107 Å². The number of hydrogen-bond donors (Lipinski definition) is 2. The number of carboxylic acid groups (broad SMARTS) is 1. The molecule has 2 N–H and O–H groups in total. The molecule has 9 nitrogen and oxygen atoms in total. The van der Waals surface area contributed by atoms with Crippen molar-refractivity contribution in [2.24, 2.45) is 0 Å². The van der Waals surface area contributed by atoms with E-state index in [1.54, 1.807) is 18.7 Å². The van der Waals surface area contributed by atoms with Gasteiger partial charge in [0.1, 0.15) is 0 Å². The number of imidazole rings is 1. The van der Waals surface area contributed by atoms with Gasteiger partial charge in [0.2, 0.25) is 5.95 Å². The van der Waals surface area contributed by atoms with Crippen LogP contribution in [0.1, 0.15) is 23.0 Å². The van der Waals surface area contributed by atoms with E-state index in [1.807, 2.05) is 4.90 Å². The van der Waals surface area contributed by atoms with Gasteiger partial charge in [0.15, 0.2) is 6.04 Å². The van der Waals surface area contributed by atoms with Gasteiger partial charge in [-0.15, -0.1) is 0 Å². The number of aromatic amines is 1. The Morgan fingerprint density at radius 3 is 2.72 bits per heavy atom. The van der Waals surface area contributed by atoms with Crippen LogP contribution in [0.2, 0.25) is 0 Å². The summed E-state index contributed by atoms with van der Waals surface area (Å²) in [4.78, 5) is 31.8. The van der Waals surface area contributed by atoms with Crippen LogP contribution < -0.4 is 4.90 Å². The fourth-order valence-corrected chi connectivity index (χ4v) is 3.36. The average Bonchev–Trinajstić information content (AvgIpc) is 3.11. The Balaban J connectivity index is 1.49. The van der Waals surface area contributed by atoms with Crippen molar-refractivity contribution in [2.75, 3.05) is 37.7 Å². The molecule has 9 heteroatoms. The van der Waals surface area contributed by atoms with E-state index in [-0.39, 0.29) is 0 Å². The first kappa shape index (κ1) is 16.0. The number of carbonyl (C=O) groups is 1. The van der Waals surface area contributed by atoms with Gasteiger partial charge >= 0.3 is 5.97 Å². The highest BCUT2D eigenvalue weighted by Gasteiger charge is 2.35. The molecule has 2 aromatic heterocycles. The van der Waals surface area contributed by atoms with Crippen LogP contribution in [0.4, 0.5) is 5.95 Å². The lowest BCUT2D eigenvalue weighted by Crippen LogP contribution is -2.39. The van der Waals surface area contributed by atoms with Crippen LogP contribution in [0, 0.1) is 0 Å². The highest BCUT2D eigenvalue weighted by Crippen LogP contribution is 2.28. The summed E-state index contributed by atoms with van der Waals surface area (Å²) >= 11 is 0. The molecule has 4 rings (SSSR count). The molecule has 1 atom stereocenters. The van der Waals surface area contributed by atoms with E-state index in [9.17, 15) is 9.90 Å². The maximum atomic E-state index is 11.7. The average molecular weight is 344 g/mol. The first-order valence-electron chi connectivity index (χ1n) is 8.35. The number of aliphatic carboxylic acids is 1. The second-order valence-corrected chi connectivity index (χ2v) is 6.22. The maximum Gasteiger partial charge on any atom is 0.327 e. The number of nitrogens with one attached hydrogen (secondary N) is 1. The molecule has 2 aliphatic heterocycles. The predicted octanol–water partition coefficient (Wildman–Crippen LogP) is 0.220. The van der Waals surface area contributed by atoms with Crippen LogP contribution in [-0.2, 0) is 22.5 Å². The molecule has 2 aromatic rings. The van der Waals surface area contributed by atoms with Gasteiger partial charge in [-0.1, -0.05) is 0 Å². The summed E-state index contributed by atoms with van der Waals surface area (Å²) in [5.41, 5.74) is 2.40. The SMILES string of the molecule is O=C(O)[C@H]1c2nc[nH]c2CCN1Cc1cnc(N2CCOCC2)nc1. The number of rotatable bonds is 4. The standard InChI is InChI=1S/C16H20N6O3/c23-15(24)14-13-12(19-10-20-13)1-2-22(14)9-11-7-17-16(18-8-11)21-3-5-25-6-4-21/h7-8,10,14H,1-6,9H2,(H,19,20)(H,23,24)/t14-/m1/s1. The van der Waals surface area contributed by atoms with Gasteiger partial charge in [-0.2, -0.15) is 0 Å². The summed E-state index contributed by atoms with van der Waals surface area (Å²) < 4.78 is 5.33. The monoisotopic (exact) mass is 344 g/mol. The molecule has 1 fully saturated rings. The number of fused-ring (bicyclic) bond motifs is 1. The third kappa shape index (κ3) is 3.20. The van der Waals surface area contributed by atoms with Crippen molar-refractivity contribution in [2.45, 2.75) is 19.0 Å². The molecule has 0 radical (unpaired) electrons. The summed E-state index contributed by atoms with van der Waals surface area (Å²) in [6.45, 7) is 4.07. The third-order valence-electron chi connectivity index (χ3n) is 4.63. The minimum absolute atomic E-state index is 0.479. The molecule has 132 valence electrons. The van der Waals surface area contributed by atoms with Gasteiger partial charge in [0.25, 0.3) is 0 Å². The summed E-state index contributed by atoms with van der Waals surface area (Å²) in [7, 11) is 0. The second kappa shape index (κ2) is 6.77. The molecule has 0 spiro atoms. The smallest absolute Gasteiger partial charge is 0.327 e. The lowest BCUT2D eigenvalue weighted by atomic mass is 10.0. The Morgan fingerprint density at radius 1 is 1.24 bits per heavy atom. The maximum absolute atomic E-state index is 11.7. The minimum atomic E-state index is -0.890. The number of carboxylic acids is 1. The number of nitrogens with zero attached hydrogens (tertiary/aromatic N) is 5. The van der Waals surface area contributed by atoms with E-state index in [0.717, 1.165) is 30.8 Å². The van der Waals surface area contributed by atoms with E-state index in [0.29, 0.717) is 37.9 Å². The Kier molecular flexibility index (Phi) is 4.33. The molecule has 0 amide bonds. The Labute approximate surface area is 144 Å².